The first-order chi connectivity index (χ1) is 6.92. The molecule has 0 saturated heterocycles. The second-order valence-corrected chi connectivity index (χ2v) is 4.83. The summed E-state index contributed by atoms with van der Waals surface area (Å²) in [6, 6.07) is 3.60. The number of rotatable bonds is 4. The molecule has 0 atom stereocenters. The van der Waals surface area contributed by atoms with Crippen LogP contribution in [0.2, 0.25) is 0 Å². The highest BCUT2D eigenvalue weighted by atomic mass is 32.1. The molecule has 4 nitrogen and oxygen atoms in total. The topological polar surface area (TPSA) is 66.4 Å². The van der Waals surface area contributed by atoms with E-state index in [0.29, 0.717) is 0 Å². The molecule has 0 aromatic carbocycles. The standard InChI is InChI=1S/C10H13NO3S/c1-10(2,6-8(12)13)9(14)11-7-4-3-5-15-7/h3-5H,6H2,1-2H3,(H,11,14)(H,12,13). The van der Waals surface area contributed by atoms with Crippen LogP contribution in [0.15, 0.2) is 17.5 Å². The summed E-state index contributed by atoms with van der Waals surface area (Å²) in [5, 5.41) is 13.9. The van der Waals surface area contributed by atoms with Crippen molar-refractivity contribution in [3.63, 3.8) is 0 Å². The largest absolute Gasteiger partial charge is 0.481 e. The molecule has 0 aliphatic carbocycles. The van der Waals surface area contributed by atoms with Crippen molar-refractivity contribution in [2.24, 2.45) is 5.41 Å². The summed E-state index contributed by atoms with van der Waals surface area (Å²) in [5.74, 6) is -1.24. The molecule has 5 heteroatoms. The van der Waals surface area contributed by atoms with E-state index in [-0.39, 0.29) is 12.3 Å². The molecule has 1 aromatic heterocycles. The molecule has 82 valence electrons. The molecule has 0 bridgehead atoms. The maximum Gasteiger partial charge on any atom is 0.304 e. The number of hydrogen-bond donors (Lipinski definition) is 2. The normalized spacial score (nSPS) is 11.1. The van der Waals surface area contributed by atoms with Crippen molar-refractivity contribution in [1.82, 2.24) is 0 Å². The third kappa shape index (κ3) is 3.36. The van der Waals surface area contributed by atoms with Gasteiger partial charge in [0.15, 0.2) is 0 Å². The van der Waals surface area contributed by atoms with E-state index in [4.69, 9.17) is 5.11 Å². The Bertz CT molecular complexity index is 357. The first-order valence-electron chi connectivity index (χ1n) is 4.48. The number of carbonyl (C=O) groups is 2. The molecule has 0 spiro atoms. The number of nitrogens with one attached hydrogen (secondary N) is 1. The molecule has 0 radical (unpaired) electrons. The van der Waals surface area contributed by atoms with Crippen LogP contribution in [-0.2, 0) is 9.59 Å². The lowest BCUT2D eigenvalue weighted by atomic mass is 9.88. The molecule has 0 saturated carbocycles. The van der Waals surface area contributed by atoms with E-state index in [1.54, 1.807) is 19.9 Å². The first kappa shape index (κ1) is 11.7. The third-order valence-corrected chi connectivity index (χ3v) is 2.75. The van der Waals surface area contributed by atoms with Gasteiger partial charge in [0.1, 0.15) is 0 Å². The molecule has 0 aliphatic rings. The van der Waals surface area contributed by atoms with Crippen LogP contribution in [0.4, 0.5) is 5.00 Å². The van der Waals surface area contributed by atoms with Crippen LogP contribution in [0.25, 0.3) is 0 Å². The monoisotopic (exact) mass is 227 g/mol. The molecular weight excluding hydrogens is 214 g/mol. The van der Waals surface area contributed by atoms with Crippen LogP contribution in [0.1, 0.15) is 20.3 Å². The summed E-state index contributed by atoms with van der Waals surface area (Å²) in [5.41, 5.74) is -0.893. The Balaban J connectivity index is 2.63. The third-order valence-electron chi connectivity index (χ3n) is 1.97. The highest BCUT2D eigenvalue weighted by Gasteiger charge is 2.30. The summed E-state index contributed by atoms with van der Waals surface area (Å²) >= 11 is 1.41. The summed E-state index contributed by atoms with van der Waals surface area (Å²) in [7, 11) is 0. The average Bonchev–Trinajstić information content (AvgIpc) is 2.54. The van der Waals surface area contributed by atoms with E-state index in [0.717, 1.165) is 5.00 Å². The SMILES string of the molecule is CC(C)(CC(=O)O)C(=O)Nc1cccs1. The van der Waals surface area contributed by atoms with E-state index < -0.39 is 11.4 Å². The van der Waals surface area contributed by atoms with Gasteiger partial charge in [0, 0.05) is 0 Å². The van der Waals surface area contributed by atoms with Gasteiger partial charge < -0.3 is 10.4 Å². The van der Waals surface area contributed by atoms with Crippen molar-refractivity contribution in [1.29, 1.82) is 0 Å². The van der Waals surface area contributed by atoms with Gasteiger partial charge >= 0.3 is 5.97 Å². The van der Waals surface area contributed by atoms with Crippen LogP contribution < -0.4 is 5.32 Å². The molecule has 1 heterocycles. The molecule has 2 N–H and O–H groups in total. The molecule has 1 rings (SSSR count). The van der Waals surface area contributed by atoms with Gasteiger partial charge in [0.05, 0.1) is 16.8 Å². The Morgan fingerprint density at radius 1 is 1.53 bits per heavy atom. The van der Waals surface area contributed by atoms with Gasteiger partial charge in [-0.15, -0.1) is 11.3 Å². The fraction of sp³-hybridized carbons (Fsp3) is 0.400. The average molecular weight is 227 g/mol. The fourth-order valence-electron chi connectivity index (χ4n) is 1.09. The van der Waals surface area contributed by atoms with Gasteiger partial charge in [-0.3, -0.25) is 9.59 Å². The van der Waals surface area contributed by atoms with Crippen LogP contribution >= 0.6 is 11.3 Å². The summed E-state index contributed by atoms with van der Waals surface area (Å²) in [6.45, 7) is 3.23. The summed E-state index contributed by atoms with van der Waals surface area (Å²) < 4.78 is 0. The van der Waals surface area contributed by atoms with Crippen molar-refractivity contribution in [2.45, 2.75) is 20.3 Å². The minimum atomic E-state index is -0.971. The Morgan fingerprint density at radius 3 is 2.67 bits per heavy atom. The van der Waals surface area contributed by atoms with E-state index in [1.165, 1.54) is 11.3 Å². The number of hydrogen-bond acceptors (Lipinski definition) is 3. The second-order valence-electron chi connectivity index (χ2n) is 3.89. The lowest BCUT2D eigenvalue weighted by molar-refractivity contribution is -0.142. The molecule has 0 fully saturated rings. The van der Waals surface area contributed by atoms with E-state index in [9.17, 15) is 9.59 Å². The number of carboxylic acid groups (broad SMARTS) is 1. The van der Waals surface area contributed by atoms with Crippen LogP contribution in [-0.4, -0.2) is 17.0 Å². The Kier molecular flexibility index (Phi) is 3.47. The molecule has 0 aliphatic heterocycles. The van der Waals surface area contributed by atoms with Crippen molar-refractivity contribution in [3.8, 4) is 0 Å². The number of thiophene rings is 1. The van der Waals surface area contributed by atoms with Crippen LogP contribution in [0.3, 0.4) is 0 Å². The lowest BCUT2D eigenvalue weighted by Crippen LogP contribution is -2.32. The number of carboxylic acids is 1. The number of carbonyl (C=O) groups excluding carboxylic acids is 1. The molecule has 1 aromatic rings. The van der Waals surface area contributed by atoms with Crippen LogP contribution in [0, 0.1) is 5.41 Å². The first-order valence-corrected chi connectivity index (χ1v) is 5.36. The quantitative estimate of drug-likeness (QED) is 0.828. The maximum atomic E-state index is 11.7. The number of aliphatic carboxylic acids is 1. The van der Waals surface area contributed by atoms with Crippen molar-refractivity contribution < 1.29 is 14.7 Å². The van der Waals surface area contributed by atoms with Crippen molar-refractivity contribution in [3.05, 3.63) is 17.5 Å². The molecule has 15 heavy (non-hydrogen) atoms. The maximum absolute atomic E-state index is 11.7. The minimum absolute atomic E-state index is 0.176. The van der Waals surface area contributed by atoms with Crippen molar-refractivity contribution in [2.75, 3.05) is 5.32 Å². The Labute approximate surface area is 91.9 Å². The van der Waals surface area contributed by atoms with E-state index in [2.05, 4.69) is 5.32 Å². The van der Waals surface area contributed by atoms with E-state index in [1.807, 2.05) is 11.4 Å². The zero-order chi connectivity index (χ0) is 11.5. The zero-order valence-electron chi connectivity index (χ0n) is 8.61. The van der Waals surface area contributed by atoms with Gasteiger partial charge in [-0.2, -0.15) is 0 Å². The zero-order valence-corrected chi connectivity index (χ0v) is 9.43. The molecule has 0 unspecified atom stereocenters. The lowest BCUT2D eigenvalue weighted by Gasteiger charge is -2.20. The predicted octanol–water partition coefficient (Wildman–Crippen LogP) is 2.19. The molecular formula is C10H13NO3S. The Morgan fingerprint density at radius 2 is 2.20 bits per heavy atom. The smallest absolute Gasteiger partial charge is 0.304 e. The number of amides is 1. The minimum Gasteiger partial charge on any atom is -0.481 e. The second kappa shape index (κ2) is 4.44. The highest BCUT2D eigenvalue weighted by molar-refractivity contribution is 7.14. The molecule has 1 amide bonds. The predicted molar refractivity (Wildman–Crippen MR) is 59.0 cm³/mol. The van der Waals surface area contributed by atoms with Gasteiger partial charge in [0.2, 0.25) is 5.91 Å². The Hall–Kier alpha value is -1.36. The summed E-state index contributed by atoms with van der Waals surface area (Å²) in [6.07, 6.45) is -0.176. The van der Waals surface area contributed by atoms with Crippen LogP contribution in [0.5, 0.6) is 0 Å². The highest BCUT2D eigenvalue weighted by Crippen LogP contribution is 2.24. The van der Waals surface area contributed by atoms with E-state index >= 15 is 0 Å². The van der Waals surface area contributed by atoms with Crippen molar-refractivity contribution >= 4 is 28.2 Å². The van der Waals surface area contributed by atoms with Gasteiger partial charge in [-0.25, -0.2) is 0 Å². The summed E-state index contributed by atoms with van der Waals surface area (Å²) in [4.78, 5) is 22.2. The van der Waals surface area contributed by atoms with Gasteiger partial charge in [-0.05, 0) is 17.5 Å². The number of anilines is 1. The van der Waals surface area contributed by atoms with Gasteiger partial charge in [-0.1, -0.05) is 13.8 Å². The van der Waals surface area contributed by atoms with Gasteiger partial charge in [0.25, 0.3) is 0 Å². The fourth-order valence-corrected chi connectivity index (χ4v) is 1.70.